The number of hydrogen-bond acceptors (Lipinski definition) is 1. The number of alkyl halides is 1. The maximum atomic E-state index is 5.66. The van der Waals surface area contributed by atoms with Crippen molar-refractivity contribution in [3.63, 3.8) is 0 Å². The summed E-state index contributed by atoms with van der Waals surface area (Å²) >= 11 is 7.60. The molecule has 1 heterocycles. The summed E-state index contributed by atoms with van der Waals surface area (Å²) in [6.45, 7) is 3.71. The Morgan fingerprint density at radius 2 is 2.29 bits per heavy atom. The van der Waals surface area contributed by atoms with Gasteiger partial charge in [-0.3, -0.25) is 0 Å². The third-order valence-corrected chi connectivity index (χ3v) is 2.86. The second-order valence-corrected chi connectivity index (χ2v) is 3.45. The highest BCUT2D eigenvalue weighted by Crippen LogP contribution is 2.29. The molecule has 1 atom stereocenters. The molecular formula is C5H8ClS. The molecule has 0 N–H and O–H groups in total. The Bertz CT molecular complexity index is 59.1. The summed E-state index contributed by atoms with van der Waals surface area (Å²) in [4.78, 5) is 0. The van der Waals surface area contributed by atoms with E-state index in [1.165, 1.54) is 11.5 Å². The number of hydrogen-bond donors (Lipinski definition) is 0. The van der Waals surface area contributed by atoms with Crippen LogP contribution in [0.4, 0.5) is 0 Å². The van der Waals surface area contributed by atoms with E-state index in [4.69, 9.17) is 11.6 Å². The lowest BCUT2D eigenvalue weighted by molar-refractivity contribution is 0.658. The molecule has 1 saturated heterocycles. The van der Waals surface area contributed by atoms with Crippen LogP contribution in [0.2, 0.25) is 0 Å². The van der Waals surface area contributed by atoms with E-state index in [1.807, 2.05) is 11.8 Å². The molecule has 1 aliphatic rings. The molecule has 41 valence electrons. The first kappa shape index (κ1) is 5.77. The van der Waals surface area contributed by atoms with E-state index >= 15 is 0 Å². The van der Waals surface area contributed by atoms with E-state index in [-0.39, 0.29) is 5.38 Å². The quantitative estimate of drug-likeness (QED) is 0.494. The molecule has 1 fully saturated rings. The van der Waals surface area contributed by atoms with Crippen LogP contribution in [0.1, 0.15) is 0 Å². The van der Waals surface area contributed by atoms with Crippen molar-refractivity contribution in [1.82, 2.24) is 0 Å². The molecule has 0 amide bonds. The molecule has 0 spiro atoms. The Hall–Kier alpha value is 0.640. The molecule has 2 heteroatoms. The fourth-order valence-corrected chi connectivity index (χ4v) is 1.82. The number of halogens is 1. The zero-order valence-corrected chi connectivity index (χ0v) is 5.63. The van der Waals surface area contributed by atoms with E-state index in [1.54, 1.807) is 0 Å². The second kappa shape index (κ2) is 2.27. The molecule has 1 unspecified atom stereocenters. The van der Waals surface area contributed by atoms with Gasteiger partial charge in [-0.1, -0.05) is 0 Å². The Morgan fingerprint density at radius 3 is 2.29 bits per heavy atom. The molecule has 1 aliphatic heterocycles. The first-order chi connectivity index (χ1) is 3.30. The van der Waals surface area contributed by atoms with Gasteiger partial charge in [0.05, 0.1) is 0 Å². The third-order valence-electron chi connectivity index (χ3n) is 1.18. The number of thioether (sulfide) groups is 1. The highest BCUT2D eigenvalue weighted by Gasteiger charge is 2.22. The summed E-state index contributed by atoms with van der Waals surface area (Å²) in [6.07, 6.45) is 0. The van der Waals surface area contributed by atoms with E-state index in [9.17, 15) is 0 Å². The van der Waals surface area contributed by atoms with Crippen LogP contribution in [-0.2, 0) is 0 Å². The van der Waals surface area contributed by atoms with E-state index < -0.39 is 0 Å². The smallest absolute Gasteiger partial charge is 0.0380 e. The maximum absolute atomic E-state index is 5.66. The maximum Gasteiger partial charge on any atom is 0.0380 e. The van der Waals surface area contributed by atoms with Crippen LogP contribution >= 0.6 is 23.4 Å². The minimum Gasteiger partial charge on any atom is -0.161 e. The molecule has 0 aliphatic carbocycles. The number of rotatable bonds is 1. The van der Waals surface area contributed by atoms with Crippen molar-refractivity contribution in [2.45, 2.75) is 5.38 Å². The van der Waals surface area contributed by atoms with E-state index in [0.717, 1.165) is 0 Å². The summed E-state index contributed by atoms with van der Waals surface area (Å²) in [5.74, 6) is 3.14. The molecular weight excluding hydrogens is 128 g/mol. The largest absolute Gasteiger partial charge is 0.161 e. The Balaban J connectivity index is 2.14. The van der Waals surface area contributed by atoms with Crippen LogP contribution in [-0.4, -0.2) is 16.9 Å². The van der Waals surface area contributed by atoms with Crippen LogP contribution in [0.15, 0.2) is 0 Å². The van der Waals surface area contributed by atoms with Gasteiger partial charge in [-0.2, -0.15) is 11.8 Å². The lowest BCUT2D eigenvalue weighted by atomic mass is 10.1. The molecule has 7 heavy (non-hydrogen) atoms. The van der Waals surface area contributed by atoms with Crippen LogP contribution < -0.4 is 0 Å². The fraction of sp³-hybridized carbons (Fsp3) is 0.800. The van der Waals surface area contributed by atoms with Crippen molar-refractivity contribution in [2.24, 2.45) is 5.92 Å². The van der Waals surface area contributed by atoms with E-state index in [2.05, 4.69) is 6.92 Å². The van der Waals surface area contributed by atoms with Crippen LogP contribution in [0, 0.1) is 12.8 Å². The van der Waals surface area contributed by atoms with E-state index in [0.29, 0.717) is 5.92 Å². The molecule has 0 nitrogen and oxygen atoms in total. The van der Waals surface area contributed by atoms with Crippen molar-refractivity contribution in [3.05, 3.63) is 6.92 Å². The van der Waals surface area contributed by atoms with Crippen LogP contribution in [0.3, 0.4) is 0 Å². The summed E-state index contributed by atoms with van der Waals surface area (Å²) in [5, 5.41) is 0.154. The zero-order chi connectivity index (χ0) is 5.28. The lowest BCUT2D eigenvalue weighted by Crippen LogP contribution is -2.25. The summed E-state index contributed by atoms with van der Waals surface area (Å²) in [5.41, 5.74) is 0. The SMILES string of the molecule is [CH2]C(Cl)C1CSC1. The van der Waals surface area contributed by atoms with Gasteiger partial charge < -0.3 is 0 Å². The van der Waals surface area contributed by atoms with Crippen molar-refractivity contribution >= 4 is 23.4 Å². The summed E-state index contributed by atoms with van der Waals surface area (Å²) in [6, 6.07) is 0. The average Bonchev–Trinajstić information content (AvgIpc) is 1.23. The van der Waals surface area contributed by atoms with Crippen molar-refractivity contribution in [3.8, 4) is 0 Å². The van der Waals surface area contributed by atoms with Gasteiger partial charge in [-0.15, -0.1) is 11.6 Å². The first-order valence-electron chi connectivity index (χ1n) is 2.35. The fourth-order valence-electron chi connectivity index (χ4n) is 0.463. The minimum atomic E-state index is 0.154. The third kappa shape index (κ3) is 1.26. The Kier molecular flexibility index (Phi) is 1.87. The topological polar surface area (TPSA) is 0 Å². The lowest BCUT2D eigenvalue weighted by Gasteiger charge is -2.26. The molecule has 0 aromatic carbocycles. The van der Waals surface area contributed by atoms with Crippen molar-refractivity contribution in [1.29, 1.82) is 0 Å². The summed E-state index contributed by atoms with van der Waals surface area (Å²) in [7, 11) is 0. The second-order valence-electron chi connectivity index (χ2n) is 1.81. The van der Waals surface area contributed by atoms with Gasteiger partial charge in [0, 0.05) is 5.38 Å². The van der Waals surface area contributed by atoms with Crippen LogP contribution in [0.25, 0.3) is 0 Å². The van der Waals surface area contributed by atoms with Crippen molar-refractivity contribution in [2.75, 3.05) is 11.5 Å². The van der Waals surface area contributed by atoms with Gasteiger partial charge in [-0.05, 0) is 24.3 Å². The monoisotopic (exact) mass is 135 g/mol. The first-order valence-corrected chi connectivity index (χ1v) is 3.94. The predicted molar refractivity (Wildman–Crippen MR) is 35.8 cm³/mol. The molecule has 0 aromatic heterocycles. The summed E-state index contributed by atoms with van der Waals surface area (Å²) < 4.78 is 0. The van der Waals surface area contributed by atoms with Gasteiger partial charge in [-0.25, -0.2) is 0 Å². The average molecular weight is 136 g/mol. The Labute approximate surface area is 53.6 Å². The van der Waals surface area contributed by atoms with Crippen LogP contribution in [0.5, 0.6) is 0 Å². The van der Waals surface area contributed by atoms with Gasteiger partial charge in [0.1, 0.15) is 0 Å². The normalized spacial score (nSPS) is 26.6. The molecule has 0 aromatic rings. The Morgan fingerprint density at radius 1 is 1.71 bits per heavy atom. The molecule has 0 saturated carbocycles. The highest BCUT2D eigenvalue weighted by atomic mass is 35.5. The molecule has 1 radical (unpaired) electrons. The van der Waals surface area contributed by atoms with Crippen molar-refractivity contribution < 1.29 is 0 Å². The van der Waals surface area contributed by atoms with Gasteiger partial charge >= 0.3 is 0 Å². The molecule has 1 rings (SSSR count). The van der Waals surface area contributed by atoms with Gasteiger partial charge in [0.15, 0.2) is 0 Å². The van der Waals surface area contributed by atoms with Gasteiger partial charge in [0.25, 0.3) is 0 Å². The minimum absolute atomic E-state index is 0.154. The predicted octanol–water partition coefficient (Wildman–Crippen LogP) is 1.79. The molecule has 0 bridgehead atoms. The standard InChI is InChI=1S/C5H8ClS/c1-4(6)5-2-7-3-5/h4-5H,1-3H2. The zero-order valence-electron chi connectivity index (χ0n) is 4.06. The van der Waals surface area contributed by atoms with Gasteiger partial charge in [0.2, 0.25) is 0 Å². The highest BCUT2D eigenvalue weighted by molar-refractivity contribution is 8.00.